The molecule has 0 radical (unpaired) electrons. The van der Waals surface area contributed by atoms with Crippen molar-refractivity contribution in [3.8, 4) is 0 Å². The Labute approximate surface area is 117 Å². The van der Waals surface area contributed by atoms with Gasteiger partial charge < -0.3 is 10.3 Å². The molecule has 1 heterocycles. The van der Waals surface area contributed by atoms with Crippen molar-refractivity contribution in [2.75, 3.05) is 17.7 Å². The van der Waals surface area contributed by atoms with Crippen molar-refractivity contribution in [3.05, 3.63) is 24.0 Å². The zero-order valence-corrected chi connectivity index (χ0v) is 12.0. The topological polar surface area (TPSA) is 43.8 Å². The quantitative estimate of drug-likeness (QED) is 0.787. The summed E-state index contributed by atoms with van der Waals surface area (Å²) in [6.45, 7) is 0.811. The highest BCUT2D eigenvalue weighted by atomic mass is 32.2. The summed E-state index contributed by atoms with van der Waals surface area (Å²) >= 11 is 1.89. The van der Waals surface area contributed by atoms with Crippen LogP contribution in [0.5, 0.6) is 0 Å². The lowest BCUT2D eigenvalue weighted by molar-refractivity contribution is 0.595. The Hall–Kier alpha value is -1.23. The molecule has 0 atom stereocenters. The number of unbranched alkanes of at least 4 members (excludes halogenated alkanes) is 3. The molecule has 2 rings (SSSR count). The normalized spacial score (nSPS) is 11.3. The van der Waals surface area contributed by atoms with Gasteiger partial charge in [0, 0.05) is 6.54 Å². The van der Waals surface area contributed by atoms with E-state index in [0.717, 1.165) is 24.0 Å². The summed E-state index contributed by atoms with van der Waals surface area (Å²) in [6.07, 6.45) is 6.86. The second-order valence-electron chi connectivity index (χ2n) is 4.66. The van der Waals surface area contributed by atoms with Crippen LogP contribution >= 0.6 is 11.8 Å². The summed E-state index contributed by atoms with van der Waals surface area (Å²) in [5.74, 6) is 1.46. The number of halogens is 1. The minimum atomic E-state index is -0.242. The Kier molecular flexibility index (Phi) is 5.07. The molecule has 1 aromatic carbocycles. The average molecular weight is 281 g/mol. The number of nitrogen functional groups attached to an aromatic ring is 1. The smallest absolute Gasteiger partial charge is 0.201 e. The van der Waals surface area contributed by atoms with Crippen LogP contribution in [0.1, 0.15) is 25.7 Å². The second-order valence-corrected chi connectivity index (χ2v) is 5.65. The van der Waals surface area contributed by atoms with Crippen LogP contribution in [0.25, 0.3) is 11.0 Å². The van der Waals surface area contributed by atoms with Crippen molar-refractivity contribution in [3.63, 3.8) is 0 Å². The van der Waals surface area contributed by atoms with Gasteiger partial charge in [0.25, 0.3) is 0 Å². The van der Waals surface area contributed by atoms with E-state index in [1.165, 1.54) is 37.1 Å². The van der Waals surface area contributed by atoms with Gasteiger partial charge in [0.1, 0.15) is 5.82 Å². The first kappa shape index (κ1) is 14.2. The standard InChI is InChI=1S/C14H20FN3S/c1-19-9-5-3-2-4-8-18-13-10-11(15)6-7-12(13)17-14(18)16/h6-7,10H,2-5,8-9H2,1H3,(H2,16,17). The minimum absolute atomic E-state index is 0.242. The molecule has 0 saturated carbocycles. The van der Waals surface area contributed by atoms with Crippen LogP contribution in [-0.2, 0) is 6.54 Å². The van der Waals surface area contributed by atoms with E-state index in [4.69, 9.17) is 5.73 Å². The van der Waals surface area contributed by atoms with Crippen LogP contribution in [0.15, 0.2) is 18.2 Å². The molecule has 0 unspecified atom stereocenters. The van der Waals surface area contributed by atoms with Gasteiger partial charge in [-0.25, -0.2) is 9.37 Å². The molecular formula is C14H20FN3S. The number of anilines is 1. The first-order chi connectivity index (χ1) is 9.22. The summed E-state index contributed by atoms with van der Waals surface area (Å²) < 4.78 is 15.2. The van der Waals surface area contributed by atoms with Crippen LogP contribution in [0, 0.1) is 5.82 Å². The third-order valence-electron chi connectivity index (χ3n) is 3.22. The highest BCUT2D eigenvalue weighted by Crippen LogP contribution is 2.20. The minimum Gasteiger partial charge on any atom is -0.369 e. The fourth-order valence-corrected chi connectivity index (χ4v) is 2.71. The van der Waals surface area contributed by atoms with Crippen molar-refractivity contribution < 1.29 is 4.39 Å². The van der Waals surface area contributed by atoms with Gasteiger partial charge in [-0.15, -0.1) is 0 Å². The second kappa shape index (κ2) is 6.80. The molecule has 2 N–H and O–H groups in total. The van der Waals surface area contributed by atoms with E-state index in [-0.39, 0.29) is 5.82 Å². The Morgan fingerprint density at radius 3 is 2.84 bits per heavy atom. The van der Waals surface area contributed by atoms with Crippen molar-refractivity contribution >= 4 is 28.7 Å². The lowest BCUT2D eigenvalue weighted by Gasteiger charge is -2.06. The number of aryl methyl sites for hydroxylation is 1. The number of nitrogens with zero attached hydrogens (tertiary/aromatic N) is 2. The third kappa shape index (κ3) is 3.62. The van der Waals surface area contributed by atoms with Gasteiger partial charge in [0.05, 0.1) is 11.0 Å². The van der Waals surface area contributed by atoms with E-state index in [2.05, 4.69) is 11.2 Å². The summed E-state index contributed by atoms with van der Waals surface area (Å²) in [7, 11) is 0. The van der Waals surface area contributed by atoms with E-state index in [9.17, 15) is 4.39 Å². The molecule has 104 valence electrons. The highest BCUT2D eigenvalue weighted by Gasteiger charge is 2.08. The van der Waals surface area contributed by atoms with Gasteiger partial charge >= 0.3 is 0 Å². The molecule has 2 aromatic rings. The Morgan fingerprint density at radius 2 is 2.05 bits per heavy atom. The number of benzene rings is 1. The number of fused-ring (bicyclic) bond motifs is 1. The molecule has 0 saturated heterocycles. The Bertz CT molecular complexity index is 539. The van der Waals surface area contributed by atoms with Crippen LogP contribution in [0.2, 0.25) is 0 Å². The highest BCUT2D eigenvalue weighted by molar-refractivity contribution is 7.98. The van der Waals surface area contributed by atoms with Crippen molar-refractivity contribution in [1.82, 2.24) is 9.55 Å². The zero-order valence-electron chi connectivity index (χ0n) is 11.2. The molecule has 0 aliphatic carbocycles. The molecule has 0 aliphatic rings. The molecular weight excluding hydrogens is 261 g/mol. The number of hydrogen-bond donors (Lipinski definition) is 1. The van der Waals surface area contributed by atoms with E-state index < -0.39 is 0 Å². The first-order valence-electron chi connectivity index (χ1n) is 6.62. The van der Waals surface area contributed by atoms with Gasteiger partial charge in [-0.2, -0.15) is 11.8 Å². The predicted molar refractivity (Wildman–Crippen MR) is 81.0 cm³/mol. The van der Waals surface area contributed by atoms with Gasteiger partial charge in [-0.1, -0.05) is 12.8 Å². The number of rotatable bonds is 7. The molecule has 0 spiro atoms. The van der Waals surface area contributed by atoms with Crippen molar-refractivity contribution in [1.29, 1.82) is 0 Å². The number of imidazole rings is 1. The fraction of sp³-hybridized carbons (Fsp3) is 0.500. The number of aromatic nitrogens is 2. The summed E-state index contributed by atoms with van der Waals surface area (Å²) in [4.78, 5) is 4.25. The molecule has 0 aliphatic heterocycles. The molecule has 1 aromatic heterocycles. The largest absolute Gasteiger partial charge is 0.369 e. The SMILES string of the molecule is CSCCCCCCn1c(N)nc2ccc(F)cc21. The van der Waals surface area contributed by atoms with Crippen LogP contribution in [0.4, 0.5) is 10.3 Å². The zero-order chi connectivity index (χ0) is 13.7. The fourth-order valence-electron chi connectivity index (χ4n) is 2.22. The van der Waals surface area contributed by atoms with Crippen molar-refractivity contribution in [2.24, 2.45) is 0 Å². The van der Waals surface area contributed by atoms with Gasteiger partial charge in [-0.05, 0) is 43.0 Å². The number of nitrogens with two attached hydrogens (primary N) is 1. The molecule has 19 heavy (non-hydrogen) atoms. The summed E-state index contributed by atoms with van der Waals surface area (Å²) in [5.41, 5.74) is 7.45. The maximum Gasteiger partial charge on any atom is 0.201 e. The number of thioether (sulfide) groups is 1. The Morgan fingerprint density at radius 1 is 1.26 bits per heavy atom. The lowest BCUT2D eigenvalue weighted by Crippen LogP contribution is -2.03. The predicted octanol–water partition coefficient (Wildman–Crippen LogP) is 3.68. The van der Waals surface area contributed by atoms with Gasteiger partial charge in [-0.3, -0.25) is 0 Å². The summed E-state index contributed by atoms with van der Waals surface area (Å²) in [6, 6.07) is 4.60. The van der Waals surface area contributed by atoms with Gasteiger partial charge in [0.15, 0.2) is 0 Å². The van der Waals surface area contributed by atoms with Crippen molar-refractivity contribution in [2.45, 2.75) is 32.2 Å². The van der Waals surface area contributed by atoms with Gasteiger partial charge in [0.2, 0.25) is 5.95 Å². The maximum atomic E-state index is 13.3. The third-order valence-corrected chi connectivity index (χ3v) is 3.92. The summed E-state index contributed by atoms with van der Waals surface area (Å²) in [5, 5.41) is 0. The van der Waals surface area contributed by atoms with Crippen LogP contribution in [-0.4, -0.2) is 21.6 Å². The average Bonchev–Trinajstić information content (AvgIpc) is 2.69. The molecule has 3 nitrogen and oxygen atoms in total. The van der Waals surface area contributed by atoms with E-state index in [0.29, 0.717) is 5.95 Å². The molecule has 5 heteroatoms. The van der Waals surface area contributed by atoms with E-state index in [1.807, 2.05) is 16.3 Å². The molecule has 0 bridgehead atoms. The lowest BCUT2D eigenvalue weighted by atomic mass is 10.2. The Balaban J connectivity index is 1.96. The maximum absolute atomic E-state index is 13.3. The van der Waals surface area contributed by atoms with E-state index >= 15 is 0 Å². The van der Waals surface area contributed by atoms with Crippen LogP contribution in [0.3, 0.4) is 0 Å². The molecule has 0 fully saturated rings. The van der Waals surface area contributed by atoms with E-state index in [1.54, 1.807) is 6.07 Å². The monoisotopic (exact) mass is 281 g/mol. The molecule has 0 amide bonds. The van der Waals surface area contributed by atoms with Crippen LogP contribution < -0.4 is 5.73 Å². The first-order valence-corrected chi connectivity index (χ1v) is 8.02. The number of hydrogen-bond acceptors (Lipinski definition) is 3.